The lowest BCUT2D eigenvalue weighted by molar-refractivity contribution is 0.102. The van der Waals surface area contributed by atoms with Gasteiger partial charge in [0.2, 0.25) is 0 Å². The number of nitrogen functional groups attached to an aromatic ring is 1. The normalized spacial score (nSPS) is 10.8. The Balaban J connectivity index is 1.92. The van der Waals surface area contributed by atoms with E-state index in [1.54, 1.807) is 42.6 Å². The molecule has 3 rings (SSSR count). The van der Waals surface area contributed by atoms with Gasteiger partial charge in [-0.3, -0.25) is 9.78 Å². The van der Waals surface area contributed by atoms with Crippen molar-refractivity contribution in [2.24, 2.45) is 5.92 Å². The van der Waals surface area contributed by atoms with Gasteiger partial charge in [-0.15, -0.1) is 0 Å². The quantitative estimate of drug-likeness (QED) is 0.688. The number of pyridine rings is 1. The SMILES string of the molecule is CC(C)COc1ccc(C(=O)Nc2ccc(N)cc2)c2cccnc12. The molecule has 2 aromatic carbocycles. The number of carbonyl (C=O) groups excluding carboxylic acids is 1. The molecule has 1 amide bonds. The highest BCUT2D eigenvalue weighted by atomic mass is 16.5. The van der Waals surface area contributed by atoms with E-state index >= 15 is 0 Å². The van der Waals surface area contributed by atoms with Gasteiger partial charge in [0, 0.05) is 28.5 Å². The maximum Gasteiger partial charge on any atom is 0.256 e. The summed E-state index contributed by atoms with van der Waals surface area (Å²) in [6, 6.07) is 14.3. The first-order valence-corrected chi connectivity index (χ1v) is 8.22. The minimum atomic E-state index is -0.196. The van der Waals surface area contributed by atoms with E-state index in [1.807, 2.05) is 12.1 Å². The number of benzene rings is 2. The molecule has 3 N–H and O–H groups in total. The second kappa shape index (κ2) is 7.21. The van der Waals surface area contributed by atoms with Crippen LogP contribution < -0.4 is 15.8 Å². The van der Waals surface area contributed by atoms with Gasteiger partial charge in [-0.25, -0.2) is 0 Å². The fourth-order valence-corrected chi connectivity index (χ4v) is 2.48. The molecule has 0 aliphatic heterocycles. The maximum absolute atomic E-state index is 12.7. The van der Waals surface area contributed by atoms with Gasteiger partial charge < -0.3 is 15.8 Å². The zero-order chi connectivity index (χ0) is 17.8. The van der Waals surface area contributed by atoms with E-state index < -0.39 is 0 Å². The van der Waals surface area contributed by atoms with E-state index in [4.69, 9.17) is 10.5 Å². The van der Waals surface area contributed by atoms with Crippen LogP contribution in [0.15, 0.2) is 54.7 Å². The Kier molecular flexibility index (Phi) is 4.84. The molecule has 0 aliphatic carbocycles. The summed E-state index contributed by atoms with van der Waals surface area (Å²) in [5.41, 5.74) is 8.26. The Morgan fingerprint density at radius 1 is 1.16 bits per heavy atom. The molecule has 25 heavy (non-hydrogen) atoms. The van der Waals surface area contributed by atoms with E-state index in [0.717, 1.165) is 5.39 Å². The standard InChI is InChI=1S/C20H21N3O2/c1-13(2)12-25-18-10-9-17(16-4-3-11-22-19(16)18)20(24)23-15-7-5-14(21)6-8-15/h3-11,13H,12,21H2,1-2H3,(H,23,24). The molecular formula is C20H21N3O2. The Labute approximate surface area is 146 Å². The number of nitrogens with one attached hydrogen (secondary N) is 1. The molecule has 0 saturated heterocycles. The molecule has 5 heteroatoms. The van der Waals surface area contributed by atoms with Crippen molar-refractivity contribution in [3.05, 3.63) is 60.3 Å². The van der Waals surface area contributed by atoms with Crippen LogP contribution in [0, 0.1) is 5.92 Å². The molecule has 0 atom stereocenters. The van der Waals surface area contributed by atoms with Crippen LogP contribution in [0.5, 0.6) is 5.75 Å². The van der Waals surface area contributed by atoms with Crippen molar-refractivity contribution >= 4 is 28.2 Å². The number of carbonyl (C=O) groups is 1. The summed E-state index contributed by atoms with van der Waals surface area (Å²) in [5.74, 6) is 0.902. The Bertz CT molecular complexity index is 889. The second-order valence-corrected chi connectivity index (χ2v) is 6.29. The number of hydrogen-bond acceptors (Lipinski definition) is 4. The number of nitrogens with zero attached hydrogens (tertiary/aromatic N) is 1. The van der Waals surface area contributed by atoms with E-state index in [9.17, 15) is 4.79 Å². The maximum atomic E-state index is 12.7. The molecule has 0 radical (unpaired) electrons. The molecule has 0 unspecified atom stereocenters. The summed E-state index contributed by atoms with van der Waals surface area (Å²) in [6.07, 6.45) is 1.70. The highest BCUT2D eigenvalue weighted by molar-refractivity contribution is 6.13. The molecule has 0 bridgehead atoms. The third-order valence-electron chi connectivity index (χ3n) is 3.72. The van der Waals surface area contributed by atoms with E-state index in [1.165, 1.54) is 0 Å². The van der Waals surface area contributed by atoms with Crippen LogP contribution in [0.2, 0.25) is 0 Å². The van der Waals surface area contributed by atoms with Crippen molar-refractivity contribution in [2.45, 2.75) is 13.8 Å². The van der Waals surface area contributed by atoms with Gasteiger partial charge in [0.05, 0.1) is 6.61 Å². The average Bonchev–Trinajstić information content (AvgIpc) is 2.61. The topological polar surface area (TPSA) is 77.2 Å². The van der Waals surface area contributed by atoms with Gasteiger partial charge >= 0.3 is 0 Å². The zero-order valence-corrected chi connectivity index (χ0v) is 14.3. The first-order valence-electron chi connectivity index (χ1n) is 8.22. The molecule has 5 nitrogen and oxygen atoms in total. The number of anilines is 2. The molecule has 3 aromatic rings. The third-order valence-corrected chi connectivity index (χ3v) is 3.72. The average molecular weight is 335 g/mol. The Morgan fingerprint density at radius 3 is 2.64 bits per heavy atom. The number of amides is 1. The van der Waals surface area contributed by atoms with Crippen LogP contribution in [0.1, 0.15) is 24.2 Å². The first-order chi connectivity index (χ1) is 12.0. The summed E-state index contributed by atoms with van der Waals surface area (Å²) in [7, 11) is 0. The van der Waals surface area contributed by atoms with Crippen LogP contribution in [0.3, 0.4) is 0 Å². The highest BCUT2D eigenvalue weighted by Gasteiger charge is 2.14. The molecular weight excluding hydrogens is 314 g/mol. The number of fused-ring (bicyclic) bond motifs is 1. The van der Waals surface area contributed by atoms with Crippen molar-refractivity contribution in [2.75, 3.05) is 17.7 Å². The predicted molar refractivity (Wildman–Crippen MR) is 101 cm³/mol. The molecule has 1 heterocycles. The van der Waals surface area contributed by atoms with Crippen molar-refractivity contribution in [3.8, 4) is 5.75 Å². The number of nitrogens with two attached hydrogens (primary N) is 1. The van der Waals surface area contributed by atoms with Crippen LogP contribution >= 0.6 is 0 Å². The first kappa shape index (κ1) is 16.8. The molecule has 0 spiro atoms. The third kappa shape index (κ3) is 3.88. The fourth-order valence-electron chi connectivity index (χ4n) is 2.48. The van der Waals surface area contributed by atoms with Gasteiger partial charge in [-0.05, 0) is 48.4 Å². The molecule has 0 aliphatic rings. The van der Waals surface area contributed by atoms with Gasteiger partial charge in [0.1, 0.15) is 11.3 Å². The van der Waals surface area contributed by atoms with Crippen molar-refractivity contribution in [1.29, 1.82) is 0 Å². The minimum absolute atomic E-state index is 0.196. The Hall–Kier alpha value is -3.08. The lowest BCUT2D eigenvalue weighted by Crippen LogP contribution is -2.13. The number of rotatable bonds is 5. The smallest absolute Gasteiger partial charge is 0.256 e. The van der Waals surface area contributed by atoms with E-state index in [-0.39, 0.29) is 5.91 Å². The van der Waals surface area contributed by atoms with Gasteiger partial charge in [-0.1, -0.05) is 19.9 Å². The lowest BCUT2D eigenvalue weighted by Gasteiger charge is -2.13. The fraction of sp³-hybridized carbons (Fsp3) is 0.200. The summed E-state index contributed by atoms with van der Waals surface area (Å²) in [5, 5.41) is 3.65. The van der Waals surface area contributed by atoms with Crippen LogP contribution in [0.4, 0.5) is 11.4 Å². The van der Waals surface area contributed by atoms with Crippen molar-refractivity contribution in [1.82, 2.24) is 4.98 Å². The molecule has 1 aromatic heterocycles. The van der Waals surface area contributed by atoms with Gasteiger partial charge in [-0.2, -0.15) is 0 Å². The summed E-state index contributed by atoms with van der Waals surface area (Å²) < 4.78 is 5.84. The Morgan fingerprint density at radius 2 is 1.92 bits per heavy atom. The monoisotopic (exact) mass is 335 g/mol. The zero-order valence-electron chi connectivity index (χ0n) is 14.3. The molecule has 128 valence electrons. The minimum Gasteiger partial charge on any atom is -0.491 e. The highest BCUT2D eigenvalue weighted by Crippen LogP contribution is 2.27. The number of aromatic nitrogens is 1. The lowest BCUT2D eigenvalue weighted by atomic mass is 10.1. The number of hydrogen-bond donors (Lipinski definition) is 2. The largest absolute Gasteiger partial charge is 0.491 e. The van der Waals surface area contributed by atoms with Crippen LogP contribution in [-0.2, 0) is 0 Å². The van der Waals surface area contributed by atoms with Crippen molar-refractivity contribution < 1.29 is 9.53 Å². The van der Waals surface area contributed by atoms with E-state index in [0.29, 0.717) is 40.7 Å². The van der Waals surface area contributed by atoms with Crippen LogP contribution in [-0.4, -0.2) is 17.5 Å². The molecule has 0 saturated carbocycles. The summed E-state index contributed by atoms with van der Waals surface area (Å²) >= 11 is 0. The van der Waals surface area contributed by atoms with E-state index in [2.05, 4.69) is 24.1 Å². The molecule has 0 fully saturated rings. The van der Waals surface area contributed by atoms with Crippen molar-refractivity contribution in [3.63, 3.8) is 0 Å². The van der Waals surface area contributed by atoms with Crippen LogP contribution in [0.25, 0.3) is 10.9 Å². The second-order valence-electron chi connectivity index (χ2n) is 6.29. The van der Waals surface area contributed by atoms with Gasteiger partial charge in [0.15, 0.2) is 0 Å². The predicted octanol–water partition coefficient (Wildman–Crippen LogP) is 4.10. The number of ether oxygens (including phenoxy) is 1. The summed E-state index contributed by atoms with van der Waals surface area (Å²) in [6.45, 7) is 4.77. The summed E-state index contributed by atoms with van der Waals surface area (Å²) in [4.78, 5) is 17.1. The van der Waals surface area contributed by atoms with Gasteiger partial charge in [0.25, 0.3) is 5.91 Å².